The number of aryl methyl sites for hydroxylation is 1. The molecular formula is C23H21F3N2O4. The van der Waals surface area contributed by atoms with E-state index >= 15 is 0 Å². The SMILES string of the molecule is Cc1ccccc1COc1cn(CC(=O)Nc2ccccc2C(F)(F)F)c(CO)cc1=O. The van der Waals surface area contributed by atoms with Crippen molar-refractivity contribution in [3.8, 4) is 5.75 Å². The maximum atomic E-state index is 13.2. The maximum Gasteiger partial charge on any atom is 0.418 e. The molecule has 0 saturated heterocycles. The van der Waals surface area contributed by atoms with E-state index in [1.165, 1.54) is 22.9 Å². The second kappa shape index (κ2) is 9.69. The fourth-order valence-electron chi connectivity index (χ4n) is 3.10. The van der Waals surface area contributed by atoms with Crippen LogP contribution in [0.3, 0.4) is 0 Å². The van der Waals surface area contributed by atoms with Crippen molar-refractivity contribution in [3.63, 3.8) is 0 Å². The quantitative estimate of drug-likeness (QED) is 0.577. The van der Waals surface area contributed by atoms with E-state index in [2.05, 4.69) is 5.32 Å². The van der Waals surface area contributed by atoms with Gasteiger partial charge in [-0.25, -0.2) is 0 Å². The number of aromatic nitrogens is 1. The minimum Gasteiger partial charge on any atom is -0.483 e. The summed E-state index contributed by atoms with van der Waals surface area (Å²) in [5, 5.41) is 11.8. The minimum absolute atomic E-state index is 0.0473. The number of aliphatic hydroxyl groups is 1. The molecule has 1 amide bonds. The molecule has 2 N–H and O–H groups in total. The fourth-order valence-corrected chi connectivity index (χ4v) is 3.10. The van der Waals surface area contributed by atoms with Crippen molar-refractivity contribution in [1.82, 2.24) is 4.57 Å². The Kier molecular flexibility index (Phi) is 6.99. The number of para-hydroxylation sites is 1. The van der Waals surface area contributed by atoms with Gasteiger partial charge in [-0.15, -0.1) is 0 Å². The van der Waals surface area contributed by atoms with Crippen LogP contribution in [-0.4, -0.2) is 15.6 Å². The van der Waals surface area contributed by atoms with Crippen LogP contribution in [0.15, 0.2) is 65.6 Å². The maximum absolute atomic E-state index is 13.2. The number of halogens is 3. The Hall–Kier alpha value is -3.59. The molecule has 9 heteroatoms. The molecule has 3 aromatic rings. The molecule has 0 aliphatic rings. The van der Waals surface area contributed by atoms with E-state index < -0.39 is 36.2 Å². The van der Waals surface area contributed by atoms with Crippen LogP contribution in [0.25, 0.3) is 0 Å². The number of carbonyl (C=O) groups is 1. The molecule has 0 saturated carbocycles. The molecule has 32 heavy (non-hydrogen) atoms. The van der Waals surface area contributed by atoms with Gasteiger partial charge in [0.05, 0.1) is 24.1 Å². The molecule has 6 nitrogen and oxygen atoms in total. The third-order valence-corrected chi connectivity index (χ3v) is 4.81. The van der Waals surface area contributed by atoms with E-state index in [9.17, 15) is 27.9 Å². The van der Waals surface area contributed by atoms with Gasteiger partial charge in [-0.1, -0.05) is 36.4 Å². The summed E-state index contributed by atoms with van der Waals surface area (Å²) in [5.41, 5.74) is 0.124. The molecule has 1 aromatic heterocycles. The van der Waals surface area contributed by atoms with Crippen LogP contribution in [0.1, 0.15) is 22.4 Å². The molecule has 0 atom stereocenters. The van der Waals surface area contributed by atoms with Crippen molar-refractivity contribution in [2.24, 2.45) is 0 Å². The van der Waals surface area contributed by atoms with Gasteiger partial charge in [0.1, 0.15) is 13.2 Å². The van der Waals surface area contributed by atoms with Gasteiger partial charge in [-0.3, -0.25) is 9.59 Å². The molecule has 0 aliphatic heterocycles. The van der Waals surface area contributed by atoms with Crippen LogP contribution < -0.4 is 15.5 Å². The lowest BCUT2D eigenvalue weighted by atomic mass is 10.1. The highest BCUT2D eigenvalue weighted by Gasteiger charge is 2.33. The molecule has 2 aromatic carbocycles. The van der Waals surface area contributed by atoms with E-state index in [0.717, 1.165) is 29.3 Å². The zero-order valence-electron chi connectivity index (χ0n) is 17.1. The van der Waals surface area contributed by atoms with Crippen molar-refractivity contribution < 1.29 is 27.8 Å². The predicted molar refractivity (Wildman–Crippen MR) is 112 cm³/mol. The Morgan fingerprint density at radius 1 is 1.12 bits per heavy atom. The Morgan fingerprint density at radius 3 is 2.50 bits per heavy atom. The van der Waals surface area contributed by atoms with Gasteiger partial charge >= 0.3 is 6.18 Å². The molecular weight excluding hydrogens is 425 g/mol. The van der Waals surface area contributed by atoms with Crippen molar-refractivity contribution in [1.29, 1.82) is 0 Å². The van der Waals surface area contributed by atoms with Crippen molar-refractivity contribution in [2.75, 3.05) is 5.32 Å². The molecule has 0 spiro atoms. The third-order valence-electron chi connectivity index (χ3n) is 4.81. The van der Waals surface area contributed by atoms with Gasteiger partial charge in [0.25, 0.3) is 0 Å². The number of carbonyl (C=O) groups excluding carboxylic acids is 1. The lowest BCUT2D eigenvalue weighted by Gasteiger charge is -2.16. The molecule has 0 fully saturated rings. The lowest BCUT2D eigenvalue weighted by molar-refractivity contribution is -0.137. The number of rotatable bonds is 7. The first-order valence-corrected chi connectivity index (χ1v) is 9.66. The summed E-state index contributed by atoms with van der Waals surface area (Å²) < 4.78 is 46.3. The molecule has 0 bridgehead atoms. The number of aliphatic hydroxyl groups excluding tert-OH is 1. The number of anilines is 1. The number of nitrogens with zero attached hydrogens (tertiary/aromatic N) is 1. The predicted octanol–water partition coefficient (Wildman–Crippen LogP) is 3.89. The Morgan fingerprint density at radius 2 is 1.81 bits per heavy atom. The summed E-state index contributed by atoms with van der Waals surface area (Å²) >= 11 is 0. The number of hydrogen-bond donors (Lipinski definition) is 2. The lowest BCUT2D eigenvalue weighted by Crippen LogP contribution is -2.24. The number of ether oxygens (including phenoxy) is 1. The van der Waals surface area contributed by atoms with Crippen LogP contribution in [0.4, 0.5) is 18.9 Å². The van der Waals surface area contributed by atoms with E-state index in [1.807, 2.05) is 31.2 Å². The monoisotopic (exact) mass is 446 g/mol. The summed E-state index contributed by atoms with van der Waals surface area (Å²) in [7, 11) is 0. The smallest absolute Gasteiger partial charge is 0.418 e. The first-order valence-electron chi connectivity index (χ1n) is 9.66. The summed E-state index contributed by atoms with van der Waals surface area (Å²) in [6, 6.07) is 13.2. The highest BCUT2D eigenvalue weighted by molar-refractivity contribution is 5.91. The van der Waals surface area contributed by atoms with E-state index in [0.29, 0.717) is 0 Å². The van der Waals surface area contributed by atoms with Crippen molar-refractivity contribution in [3.05, 3.63) is 93.4 Å². The van der Waals surface area contributed by atoms with Crippen LogP contribution >= 0.6 is 0 Å². The van der Waals surface area contributed by atoms with Crippen LogP contribution in [0.2, 0.25) is 0 Å². The van der Waals surface area contributed by atoms with Gasteiger partial charge in [0.15, 0.2) is 5.75 Å². The van der Waals surface area contributed by atoms with Gasteiger partial charge in [0, 0.05) is 11.8 Å². The second-order valence-corrected chi connectivity index (χ2v) is 7.09. The van der Waals surface area contributed by atoms with Crippen LogP contribution in [-0.2, 0) is 30.7 Å². The van der Waals surface area contributed by atoms with Crippen LogP contribution in [0.5, 0.6) is 5.75 Å². The van der Waals surface area contributed by atoms with Gasteiger partial charge in [-0.2, -0.15) is 13.2 Å². The standard InChI is InChI=1S/C23H21F3N2O4/c1-15-6-2-3-7-16(15)14-32-21-11-28(17(13-29)10-20(21)30)12-22(31)27-19-9-5-4-8-18(19)23(24,25)26/h2-11,29H,12-14H2,1H3,(H,27,31). The Bertz CT molecular complexity index is 1170. The van der Waals surface area contributed by atoms with E-state index in [4.69, 9.17) is 4.74 Å². The Balaban J connectivity index is 1.80. The van der Waals surface area contributed by atoms with Gasteiger partial charge < -0.3 is 19.7 Å². The molecule has 1 heterocycles. The minimum atomic E-state index is -4.63. The summed E-state index contributed by atoms with van der Waals surface area (Å²) in [5.74, 6) is -0.807. The summed E-state index contributed by atoms with van der Waals surface area (Å²) in [4.78, 5) is 24.8. The van der Waals surface area contributed by atoms with E-state index in [1.54, 1.807) is 0 Å². The number of amides is 1. The first-order chi connectivity index (χ1) is 15.2. The number of alkyl halides is 3. The number of nitrogens with one attached hydrogen (secondary N) is 1. The van der Waals surface area contributed by atoms with Gasteiger partial charge in [-0.05, 0) is 30.2 Å². The average molecular weight is 446 g/mol. The third kappa shape index (κ3) is 5.55. The summed E-state index contributed by atoms with van der Waals surface area (Å²) in [6.07, 6.45) is -3.37. The summed E-state index contributed by atoms with van der Waals surface area (Å²) in [6.45, 7) is 1.04. The molecule has 3 rings (SSSR count). The number of hydrogen-bond acceptors (Lipinski definition) is 4. The van der Waals surface area contributed by atoms with Crippen molar-refractivity contribution >= 4 is 11.6 Å². The molecule has 168 valence electrons. The zero-order valence-corrected chi connectivity index (χ0v) is 17.1. The average Bonchev–Trinajstić information content (AvgIpc) is 2.74. The molecule has 0 radical (unpaired) electrons. The molecule has 0 aliphatic carbocycles. The number of pyridine rings is 1. The van der Waals surface area contributed by atoms with E-state index in [-0.39, 0.29) is 23.7 Å². The largest absolute Gasteiger partial charge is 0.483 e. The van der Waals surface area contributed by atoms with Gasteiger partial charge in [0.2, 0.25) is 11.3 Å². The highest BCUT2D eigenvalue weighted by Crippen LogP contribution is 2.34. The topological polar surface area (TPSA) is 80.6 Å². The fraction of sp³-hybridized carbons (Fsp3) is 0.217. The Labute approximate surface area is 181 Å². The molecule has 0 unspecified atom stereocenters. The van der Waals surface area contributed by atoms with Crippen LogP contribution in [0, 0.1) is 6.92 Å². The zero-order chi connectivity index (χ0) is 23.3. The first kappa shape index (κ1) is 23.1. The second-order valence-electron chi connectivity index (χ2n) is 7.09. The van der Waals surface area contributed by atoms with Crippen molar-refractivity contribution in [2.45, 2.75) is 32.9 Å². The highest BCUT2D eigenvalue weighted by atomic mass is 19.4. The normalized spacial score (nSPS) is 11.3. The number of benzene rings is 2.